The molecule has 0 aliphatic carbocycles. The highest BCUT2D eigenvalue weighted by atomic mass is 16.5. The van der Waals surface area contributed by atoms with E-state index >= 15 is 0 Å². The fourth-order valence-electron chi connectivity index (χ4n) is 1.91. The largest absolute Gasteiger partial charge is 0.481 e. The van der Waals surface area contributed by atoms with Gasteiger partial charge in [-0.05, 0) is 30.4 Å². The second kappa shape index (κ2) is 7.17. The number of benzene rings is 1. The molecule has 0 saturated carbocycles. The van der Waals surface area contributed by atoms with Crippen molar-refractivity contribution in [1.82, 2.24) is 0 Å². The molecule has 0 bridgehead atoms. The first-order chi connectivity index (χ1) is 8.52. The zero-order valence-corrected chi connectivity index (χ0v) is 11.3. The molecule has 1 rings (SSSR count). The van der Waals surface area contributed by atoms with E-state index in [1.807, 2.05) is 31.2 Å². The van der Waals surface area contributed by atoms with Crippen molar-refractivity contribution in [3.63, 3.8) is 0 Å². The van der Waals surface area contributed by atoms with Gasteiger partial charge in [-0.15, -0.1) is 0 Å². The summed E-state index contributed by atoms with van der Waals surface area (Å²) in [7, 11) is 0. The minimum atomic E-state index is -0.780. The van der Waals surface area contributed by atoms with E-state index in [0.29, 0.717) is 25.6 Å². The predicted octanol–water partition coefficient (Wildman–Crippen LogP) is 3.23. The number of hydrogen-bond donors (Lipinski definition) is 1. The van der Waals surface area contributed by atoms with Crippen LogP contribution in [0.4, 0.5) is 0 Å². The smallest absolute Gasteiger partial charge is 0.311 e. The minimum Gasteiger partial charge on any atom is -0.481 e. The van der Waals surface area contributed by atoms with Gasteiger partial charge in [-0.3, -0.25) is 4.79 Å². The van der Waals surface area contributed by atoms with Gasteiger partial charge in [0.25, 0.3) is 0 Å². The van der Waals surface area contributed by atoms with E-state index in [4.69, 9.17) is 4.74 Å². The van der Waals surface area contributed by atoms with E-state index in [9.17, 15) is 9.90 Å². The Morgan fingerprint density at radius 3 is 2.56 bits per heavy atom. The molecular formula is C15H22O3. The van der Waals surface area contributed by atoms with Gasteiger partial charge in [-0.2, -0.15) is 0 Å². The van der Waals surface area contributed by atoms with E-state index in [1.54, 1.807) is 0 Å². The van der Waals surface area contributed by atoms with Crippen LogP contribution in [0.5, 0.6) is 0 Å². The molecule has 3 nitrogen and oxygen atoms in total. The van der Waals surface area contributed by atoms with Crippen molar-refractivity contribution in [2.75, 3.05) is 13.2 Å². The molecule has 100 valence electrons. The molecule has 0 heterocycles. The molecule has 0 aliphatic rings. The summed E-state index contributed by atoms with van der Waals surface area (Å²) in [6, 6.07) is 7.64. The van der Waals surface area contributed by atoms with E-state index in [2.05, 4.69) is 13.8 Å². The summed E-state index contributed by atoms with van der Waals surface area (Å²) in [6.45, 7) is 7.27. The van der Waals surface area contributed by atoms with Crippen LogP contribution in [-0.4, -0.2) is 24.3 Å². The van der Waals surface area contributed by atoms with Crippen molar-refractivity contribution in [2.24, 2.45) is 5.92 Å². The summed E-state index contributed by atoms with van der Waals surface area (Å²) in [5.74, 6) is -0.775. The molecule has 1 aromatic rings. The number of carboxylic acid groups (broad SMARTS) is 1. The van der Waals surface area contributed by atoms with Gasteiger partial charge in [0.1, 0.15) is 0 Å². The normalized spacial score (nSPS) is 12.7. The summed E-state index contributed by atoms with van der Waals surface area (Å²) in [5.41, 5.74) is 1.91. The zero-order valence-electron chi connectivity index (χ0n) is 11.3. The second-order valence-electron chi connectivity index (χ2n) is 5.00. The topological polar surface area (TPSA) is 46.5 Å². The van der Waals surface area contributed by atoms with Gasteiger partial charge in [0.2, 0.25) is 0 Å². The standard InChI is InChI=1S/C15H22O3/c1-11(2)10-18-9-8-14(15(16)17)13-7-5-4-6-12(13)3/h4-7,11,14H,8-10H2,1-3H3,(H,16,17). The molecular weight excluding hydrogens is 228 g/mol. The summed E-state index contributed by atoms with van der Waals surface area (Å²) in [5, 5.41) is 9.30. The Labute approximate surface area is 109 Å². The predicted molar refractivity (Wildman–Crippen MR) is 71.8 cm³/mol. The number of carboxylic acids is 1. The number of rotatable bonds is 7. The second-order valence-corrected chi connectivity index (χ2v) is 5.00. The van der Waals surface area contributed by atoms with Crippen LogP contribution in [0.1, 0.15) is 37.3 Å². The lowest BCUT2D eigenvalue weighted by molar-refractivity contribution is -0.139. The highest BCUT2D eigenvalue weighted by Gasteiger charge is 2.20. The fraction of sp³-hybridized carbons (Fsp3) is 0.533. The number of aliphatic carboxylic acids is 1. The third kappa shape index (κ3) is 4.49. The quantitative estimate of drug-likeness (QED) is 0.756. The number of aryl methyl sites for hydroxylation is 1. The lowest BCUT2D eigenvalue weighted by Gasteiger charge is -2.15. The van der Waals surface area contributed by atoms with Crippen molar-refractivity contribution in [3.8, 4) is 0 Å². The summed E-state index contributed by atoms with van der Waals surface area (Å²) in [4.78, 5) is 11.3. The van der Waals surface area contributed by atoms with Crippen molar-refractivity contribution in [3.05, 3.63) is 35.4 Å². The maximum Gasteiger partial charge on any atom is 0.311 e. The maximum absolute atomic E-state index is 11.3. The Morgan fingerprint density at radius 1 is 1.33 bits per heavy atom. The van der Waals surface area contributed by atoms with Crippen molar-refractivity contribution in [2.45, 2.75) is 33.1 Å². The Morgan fingerprint density at radius 2 is 2.00 bits per heavy atom. The average Bonchev–Trinajstić information content (AvgIpc) is 2.30. The Bertz CT molecular complexity index is 385. The Hall–Kier alpha value is -1.35. The molecule has 0 aromatic heterocycles. The maximum atomic E-state index is 11.3. The third-order valence-electron chi connectivity index (χ3n) is 2.86. The van der Waals surface area contributed by atoms with Crippen LogP contribution >= 0.6 is 0 Å². The summed E-state index contributed by atoms with van der Waals surface area (Å²) < 4.78 is 5.47. The SMILES string of the molecule is Cc1ccccc1C(CCOCC(C)C)C(=O)O. The van der Waals surface area contributed by atoms with E-state index < -0.39 is 11.9 Å². The van der Waals surface area contributed by atoms with Gasteiger partial charge < -0.3 is 9.84 Å². The molecule has 0 fully saturated rings. The first-order valence-electron chi connectivity index (χ1n) is 6.38. The summed E-state index contributed by atoms with van der Waals surface area (Å²) in [6.07, 6.45) is 0.521. The van der Waals surface area contributed by atoms with E-state index in [1.165, 1.54) is 0 Å². The lowest BCUT2D eigenvalue weighted by atomic mass is 9.92. The molecule has 0 spiro atoms. The molecule has 0 radical (unpaired) electrons. The van der Waals surface area contributed by atoms with Gasteiger partial charge in [-0.1, -0.05) is 38.1 Å². The monoisotopic (exact) mass is 250 g/mol. The van der Waals surface area contributed by atoms with Crippen LogP contribution < -0.4 is 0 Å². The summed E-state index contributed by atoms with van der Waals surface area (Å²) >= 11 is 0. The molecule has 1 N–H and O–H groups in total. The van der Waals surface area contributed by atoms with Crippen LogP contribution in [-0.2, 0) is 9.53 Å². The number of hydrogen-bond acceptors (Lipinski definition) is 2. The van der Waals surface area contributed by atoms with Crippen molar-refractivity contribution in [1.29, 1.82) is 0 Å². The molecule has 18 heavy (non-hydrogen) atoms. The number of ether oxygens (including phenoxy) is 1. The van der Waals surface area contributed by atoms with Gasteiger partial charge in [-0.25, -0.2) is 0 Å². The lowest BCUT2D eigenvalue weighted by Crippen LogP contribution is -2.16. The van der Waals surface area contributed by atoms with Gasteiger partial charge in [0.05, 0.1) is 5.92 Å². The van der Waals surface area contributed by atoms with E-state index in [0.717, 1.165) is 11.1 Å². The molecule has 0 amide bonds. The molecule has 0 aliphatic heterocycles. The molecule has 1 unspecified atom stereocenters. The average molecular weight is 250 g/mol. The third-order valence-corrected chi connectivity index (χ3v) is 2.86. The minimum absolute atomic E-state index is 0.474. The molecule has 0 saturated heterocycles. The van der Waals surface area contributed by atoms with Gasteiger partial charge >= 0.3 is 5.97 Å². The van der Waals surface area contributed by atoms with Crippen LogP contribution in [0.2, 0.25) is 0 Å². The first kappa shape index (κ1) is 14.7. The Balaban J connectivity index is 2.61. The highest BCUT2D eigenvalue weighted by molar-refractivity contribution is 5.76. The van der Waals surface area contributed by atoms with Crippen LogP contribution in [0.25, 0.3) is 0 Å². The van der Waals surface area contributed by atoms with Crippen LogP contribution in [0.15, 0.2) is 24.3 Å². The zero-order chi connectivity index (χ0) is 13.5. The van der Waals surface area contributed by atoms with Crippen LogP contribution in [0.3, 0.4) is 0 Å². The molecule has 1 atom stereocenters. The van der Waals surface area contributed by atoms with Gasteiger partial charge in [0.15, 0.2) is 0 Å². The highest BCUT2D eigenvalue weighted by Crippen LogP contribution is 2.23. The molecule has 1 aromatic carbocycles. The fourth-order valence-corrected chi connectivity index (χ4v) is 1.91. The van der Waals surface area contributed by atoms with Gasteiger partial charge in [0, 0.05) is 13.2 Å². The van der Waals surface area contributed by atoms with Crippen LogP contribution in [0, 0.1) is 12.8 Å². The first-order valence-corrected chi connectivity index (χ1v) is 6.38. The Kier molecular flexibility index (Phi) is 5.86. The van der Waals surface area contributed by atoms with Crippen molar-refractivity contribution < 1.29 is 14.6 Å². The van der Waals surface area contributed by atoms with Crippen molar-refractivity contribution >= 4 is 5.97 Å². The number of carbonyl (C=O) groups is 1. The van der Waals surface area contributed by atoms with E-state index in [-0.39, 0.29) is 0 Å². The molecule has 3 heteroatoms.